The third-order valence-electron chi connectivity index (χ3n) is 3.94. The Morgan fingerprint density at radius 1 is 1.29 bits per heavy atom. The third-order valence-corrected chi connectivity index (χ3v) is 3.94. The highest BCUT2D eigenvalue weighted by Gasteiger charge is 2.22. The summed E-state index contributed by atoms with van der Waals surface area (Å²) >= 11 is 0. The second-order valence-electron chi connectivity index (χ2n) is 5.35. The lowest BCUT2D eigenvalue weighted by molar-refractivity contribution is 0.107. The molecule has 0 amide bonds. The normalized spacial score (nSPS) is 19.0. The van der Waals surface area contributed by atoms with Crippen LogP contribution in [-0.2, 0) is 11.3 Å². The van der Waals surface area contributed by atoms with Gasteiger partial charge in [0.1, 0.15) is 11.4 Å². The molecular weight excluding hydrogens is 266 g/mol. The Labute approximate surface area is 125 Å². The molecule has 5 nitrogen and oxygen atoms in total. The average Bonchev–Trinajstić information content (AvgIpc) is 3.17. The van der Waals surface area contributed by atoms with Gasteiger partial charge in [0.2, 0.25) is 0 Å². The fourth-order valence-electron chi connectivity index (χ4n) is 2.78. The Balaban J connectivity index is 1.72. The van der Waals surface area contributed by atoms with E-state index in [-0.39, 0.29) is 0 Å². The molecule has 1 aliphatic heterocycles. The van der Waals surface area contributed by atoms with Crippen molar-refractivity contribution in [1.29, 1.82) is 0 Å². The van der Waals surface area contributed by atoms with Gasteiger partial charge in [0.25, 0.3) is 0 Å². The van der Waals surface area contributed by atoms with Crippen LogP contribution in [0.15, 0.2) is 36.7 Å². The lowest BCUT2D eigenvalue weighted by atomic mass is 10.3. The number of likely N-dealkylation sites (tertiary alicyclic amines) is 1. The first-order valence-electron chi connectivity index (χ1n) is 7.22. The van der Waals surface area contributed by atoms with E-state index < -0.39 is 0 Å². The molecule has 0 radical (unpaired) electrons. The number of benzene rings is 1. The number of rotatable bonds is 5. The van der Waals surface area contributed by atoms with Gasteiger partial charge in [-0.3, -0.25) is 4.90 Å². The predicted octanol–water partition coefficient (Wildman–Crippen LogP) is 2.10. The Hall–Kier alpha value is -1.85. The largest absolute Gasteiger partial charge is 0.494 e. The molecule has 1 aromatic carbocycles. The van der Waals surface area contributed by atoms with Crippen LogP contribution in [0, 0.1) is 0 Å². The molecule has 3 rings (SSSR count). The number of methoxy groups -OCH3 is 2. The van der Waals surface area contributed by atoms with Gasteiger partial charge in [-0.2, -0.15) is 5.10 Å². The van der Waals surface area contributed by atoms with Crippen LogP contribution in [0.25, 0.3) is 5.69 Å². The monoisotopic (exact) mass is 287 g/mol. The minimum Gasteiger partial charge on any atom is -0.494 e. The average molecular weight is 287 g/mol. The molecular formula is C16H21N3O2. The fourth-order valence-corrected chi connectivity index (χ4v) is 2.78. The summed E-state index contributed by atoms with van der Waals surface area (Å²) in [5.74, 6) is 0.827. The fraction of sp³-hybridized carbons (Fsp3) is 0.438. The first kappa shape index (κ1) is 14.1. The zero-order valence-electron chi connectivity index (χ0n) is 12.5. The van der Waals surface area contributed by atoms with Crippen LogP contribution in [0.2, 0.25) is 0 Å². The number of ether oxygens (including phenoxy) is 2. The van der Waals surface area contributed by atoms with Gasteiger partial charge in [-0.25, -0.2) is 4.68 Å². The van der Waals surface area contributed by atoms with E-state index in [0.29, 0.717) is 6.10 Å². The maximum atomic E-state index is 5.40. The zero-order chi connectivity index (χ0) is 14.7. The van der Waals surface area contributed by atoms with Crippen LogP contribution < -0.4 is 4.74 Å². The van der Waals surface area contributed by atoms with Gasteiger partial charge in [0.05, 0.1) is 19.4 Å². The molecule has 1 atom stereocenters. The standard InChI is InChI=1S/C16H21N3O2/c1-20-14-7-8-18(12-14)10-13-9-17-19(11-13)15-5-3-4-6-16(15)21-2/h3-6,9,11,14H,7-8,10,12H2,1-2H3/t14-/m0/s1. The van der Waals surface area contributed by atoms with Crippen LogP contribution in [0.1, 0.15) is 12.0 Å². The quantitative estimate of drug-likeness (QED) is 0.844. The molecule has 0 N–H and O–H groups in total. The topological polar surface area (TPSA) is 39.5 Å². The van der Waals surface area contributed by atoms with Crippen molar-refractivity contribution in [2.75, 3.05) is 27.3 Å². The van der Waals surface area contributed by atoms with Crippen molar-refractivity contribution in [3.63, 3.8) is 0 Å². The Kier molecular flexibility index (Phi) is 4.22. The first-order chi connectivity index (χ1) is 10.3. The maximum absolute atomic E-state index is 5.40. The summed E-state index contributed by atoms with van der Waals surface area (Å²) in [5.41, 5.74) is 2.17. The van der Waals surface area contributed by atoms with Crippen molar-refractivity contribution < 1.29 is 9.47 Å². The number of hydrogen-bond acceptors (Lipinski definition) is 4. The zero-order valence-corrected chi connectivity index (χ0v) is 12.5. The molecule has 1 aromatic heterocycles. The third kappa shape index (κ3) is 3.09. The summed E-state index contributed by atoms with van der Waals surface area (Å²) in [6.45, 7) is 2.99. The van der Waals surface area contributed by atoms with Crippen molar-refractivity contribution in [1.82, 2.24) is 14.7 Å². The number of hydrogen-bond donors (Lipinski definition) is 0. The molecule has 1 fully saturated rings. The highest BCUT2D eigenvalue weighted by molar-refractivity contribution is 5.46. The van der Waals surface area contributed by atoms with E-state index in [1.807, 2.05) is 35.1 Å². The molecule has 21 heavy (non-hydrogen) atoms. The van der Waals surface area contributed by atoms with Gasteiger partial charge >= 0.3 is 0 Å². The summed E-state index contributed by atoms with van der Waals surface area (Å²) in [6, 6.07) is 7.90. The van der Waals surface area contributed by atoms with E-state index in [1.165, 1.54) is 5.56 Å². The van der Waals surface area contributed by atoms with E-state index in [2.05, 4.69) is 16.2 Å². The van der Waals surface area contributed by atoms with Gasteiger partial charge in [0.15, 0.2) is 0 Å². The lowest BCUT2D eigenvalue weighted by Crippen LogP contribution is -2.22. The summed E-state index contributed by atoms with van der Waals surface area (Å²) in [5, 5.41) is 4.46. The molecule has 5 heteroatoms. The van der Waals surface area contributed by atoms with Crippen molar-refractivity contribution in [2.24, 2.45) is 0 Å². The van der Waals surface area contributed by atoms with E-state index in [1.54, 1.807) is 14.2 Å². The predicted molar refractivity (Wildman–Crippen MR) is 80.8 cm³/mol. The lowest BCUT2D eigenvalue weighted by Gasteiger charge is -2.14. The summed E-state index contributed by atoms with van der Waals surface area (Å²) in [4.78, 5) is 2.40. The second-order valence-corrected chi connectivity index (χ2v) is 5.35. The Bertz CT molecular complexity index is 597. The van der Waals surface area contributed by atoms with Crippen molar-refractivity contribution in [3.8, 4) is 11.4 Å². The molecule has 1 aliphatic rings. The summed E-state index contributed by atoms with van der Waals surface area (Å²) in [6.07, 6.45) is 5.47. The van der Waals surface area contributed by atoms with Gasteiger partial charge in [-0.15, -0.1) is 0 Å². The molecule has 0 bridgehead atoms. The maximum Gasteiger partial charge on any atom is 0.144 e. The molecule has 0 unspecified atom stereocenters. The van der Waals surface area contributed by atoms with Gasteiger partial charge in [0, 0.05) is 38.5 Å². The molecule has 1 saturated heterocycles. The minimum atomic E-state index is 0.370. The molecule has 0 spiro atoms. The molecule has 2 heterocycles. The summed E-state index contributed by atoms with van der Waals surface area (Å²) in [7, 11) is 3.46. The highest BCUT2D eigenvalue weighted by Crippen LogP contribution is 2.22. The molecule has 0 aliphatic carbocycles. The molecule has 112 valence electrons. The number of nitrogens with zero attached hydrogens (tertiary/aromatic N) is 3. The van der Waals surface area contributed by atoms with Gasteiger partial charge < -0.3 is 9.47 Å². The van der Waals surface area contributed by atoms with E-state index in [4.69, 9.17) is 9.47 Å². The van der Waals surface area contributed by atoms with E-state index >= 15 is 0 Å². The first-order valence-corrected chi connectivity index (χ1v) is 7.22. The van der Waals surface area contributed by atoms with E-state index in [0.717, 1.165) is 37.5 Å². The van der Waals surface area contributed by atoms with Crippen LogP contribution in [0.4, 0.5) is 0 Å². The highest BCUT2D eigenvalue weighted by atomic mass is 16.5. The smallest absolute Gasteiger partial charge is 0.144 e. The van der Waals surface area contributed by atoms with Crippen LogP contribution in [0.5, 0.6) is 5.75 Å². The van der Waals surface area contributed by atoms with Crippen LogP contribution in [0.3, 0.4) is 0 Å². The van der Waals surface area contributed by atoms with Gasteiger partial charge in [-0.05, 0) is 18.6 Å². The SMILES string of the molecule is COc1ccccc1-n1cc(CN2CC[C@H](OC)C2)cn1. The minimum absolute atomic E-state index is 0.370. The van der Waals surface area contributed by atoms with Crippen molar-refractivity contribution >= 4 is 0 Å². The molecule has 0 saturated carbocycles. The Morgan fingerprint density at radius 3 is 2.90 bits per heavy atom. The van der Waals surface area contributed by atoms with Crippen molar-refractivity contribution in [3.05, 3.63) is 42.2 Å². The number of aromatic nitrogens is 2. The second kappa shape index (κ2) is 6.28. The van der Waals surface area contributed by atoms with Crippen LogP contribution >= 0.6 is 0 Å². The molecule has 2 aromatic rings. The van der Waals surface area contributed by atoms with Crippen molar-refractivity contribution in [2.45, 2.75) is 19.1 Å². The Morgan fingerprint density at radius 2 is 2.14 bits per heavy atom. The van der Waals surface area contributed by atoms with E-state index in [9.17, 15) is 0 Å². The van der Waals surface area contributed by atoms with Crippen LogP contribution in [-0.4, -0.2) is 48.1 Å². The number of para-hydroxylation sites is 2. The van der Waals surface area contributed by atoms with Gasteiger partial charge in [-0.1, -0.05) is 12.1 Å². The summed E-state index contributed by atoms with van der Waals surface area (Å²) < 4.78 is 12.7.